The van der Waals surface area contributed by atoms with E-state index in [0.29, 0.717) is 42.6 Å². The second-order valence-corrected chi connectivity index (χ2v) is 10.6. The summed E-state index contributed by atoms with van der Waals surface area (Å²) in [5.41, 5.74) is 3.57. The summed E-state index contributed by atoms with van der Waals surface area (Å²) in [7, 11) is 0. The predicted molar refractivity (Wildman–Crippen MR) is 147 cm³/mol. The van der Waals surface area contributed by atoms with Gasteiger partial charge in [0.25, 0.3) is 5.91 Å². The Kier molecular flexibility index (Phi) is 8.33. The smallest absolute Gasteiger partial charge is 0.251 e. The topological polar surface area (TPSA) is 116 Å². The maximum atomic E-state index is 13.6. The Labute approximate surface area is 229 Å². The Morgan fingerprint density at radius 2 is 1.85 bits per heavy atom. The third-order valence-corrected chi connectivity index (χ3v) is 7.84. The van der Waals surface area contributed by atoms with Crippen LogP contribution in [0, 0.1) is 18.3 Å². The van der Waals surface area contributed by atoms with Crippen LogP contribution in [0.5, 0.6) is 0 Å². The highest BCUT2D eigenvalue weighted by Gasteiger charge is 2.37. The van der Waals surface area contributed by atoms with Crippen LogP contribution < -0.4 is 10.6 Å². The summed E-state index contributed by atoms with van der Waals surface area (Å²) < 4.78 is 1.86. The quantitative estimate of drug-likeness (QED) is 0.392. The van der Waals surface area contributed by atoms with Crippen LogP contribution in [-0.2, 0) is 4.79 Å². The van der Waals surface area contributed by atoms with E-state index in [-0.39, 0.29) is 17.9 Å². The molecule has 0 radical (unpaired) electrons. The van der Waals surface area contributed by atoms with Gasteiger partial charge in [0.05, 0.1) is 23.9 Å². The van der Waals surface area contributed by atoms with Crippen LogP contribution in [0.15, 0.2) is 60.9 Å². The molecule has 2 aromatic carbocycles. The van der Waals surface area contributed by atoms with Gasteiger partial charge in [-0.2, -0.15) is 5.26 Å². The van der Waals surface area contributed by atoms with E-state index in [1.165, 1.54) is 11.1 Å². The molecule has 1 saturated carbocycles. The van der Waals surface area contributed by atoms with E-state index in [1.54, 1.807) is 30.5 Å². The fourth-order valence-electron chi connectivity index (χ4n) is 5.37. The number of nitriles is 1. The number of piperidine rings is 1. The number of amides is 2. The lowest BCUT2D eigenvalue weighted by Crippen LogP contribution is -2.51. The molecule has 9 heteroatoms. The van der Waals surface area contributed by atoms with E-state index in [0.717, 1.165) is 32.2 Å². The first-order valence-electron chi connectivity index (χ1n) is 13.8. The molecule has 2 N–H and O–H groups in total. The lowest BCUT2D eigenvalue weighted by molar-refractivity contribution is -0.134. The number of rotatable bonds is 10. The molecule has 1 aromatic heterocycles. The number of carbonyl (C=O) groups is 2. The molecule has 2 heterocycles. The standard InChI is InChI=1S/C30H35N7O2/c1-21-4-8-23(9-5-21)26-19-28(26)32-14-2-3-27(34-29(38)24-10-6-22(20-31)7-11-24)30(39)36-16-12-25(13-17-36)37-18-15-33-35-37/h4-11,15,18,25-28,32H,2-3,12-14,16-17,19H2,1H3,(H,34,38)/t26-,27-,28+/m0/s1. The van der Waals surface area contributed by atoms with Gasteiger partial charge in [-0.25, -0.2) is 4.68 Å². The summed E-state index contributed by atoms with van der Waals surface area (Å²) in [4.78, 5) is 28.5. The first-order chi connectivity index (χ1) is 19.0. The molecule has 1 aliphatic heterocycles. The number of aryl methyl sites for hydroxylation is 1. The van der Waals surface area contributed by atoms with E-state index >= 15 is 0 Å². The SMILES string of the molecule is Cc1ccc([C@@H]2C[C@H]2NCCC[C@H](NC(=O)c2ccc(C#N)cc2)C(=O)N2CCC(n3ccnn3)CC2)cc1. The van der Waals surface area contributed by atoms with Crippen LogP contribution in [0.2, 0.25) is 0 Å². The van der Waals surface area contributed by atoms with Crippen molar-refractivity contribution in [2.75, 3.05) is 19.6 Å². The van der Waals surface area contributed by atoms with Crippen molar-refractivity contribution in [3.63, 3.8) is 0 Å². The highest BCUT2D eigenvalue weighted by Crippen LogP contribution is 2.40. The molecule has 3 aromatic rings. The minimum atomic E-state index is -0.607. The maximum Gasteiger partial charge on any atom is 0.251 e. The lowest BCUT2D eigenvalue weighted by atomic mass is 10.0. The second-order valence-electron chi connectivity index (χ2n) is 10.6. The lowest BCUT2D eigenvalue weighted by Gasteiger charge is -2.34. The molecule has 3 atom stereocenters. The van der Waals surface area contributed by atoms with E-state index in [2.05, 4.69) is 58.2 Å². The molecule has 9 nitrogen and oxygen atoms in total. The van der Waals surface area contributed by atoms with Crippen LogP contribution in [0.3, 0.4) is 0 Å². The summed E-state index contributed by atoms with van der Waals surface area (Å²) in [6.45, 7) is 4.12. The summed E-state index contributed by atoms with van der Waals surface area (Å²) >= 11 is 0. The zero-order chi connectivity index (χ0) is 27.2. The second kappa shape index (κ2) is 12.2. The van der Waals surface area contributed by atoms with Gasteiger partial charge in [0.2, 0.25) is 5.91 Å². The average Bonchev–Trinajstić information content (AvgIpc) is 3.53. The minimum Gasteiger partial charge on any atom is -0.341 e. The van der Waals surface area contributed by atoms with Crippen LogP contribution in [0.25, 0.3) is 0 Å². The van der Waals surface area contributed by atoms with Gasteiger partial charge in [0.15, 0.2) is 0 Å². The van der Waals surface area contributed by atoms with Crippen molar-refractivity contribution >= 4 is 11.8 Å². The predicted octanol–water partition coefficient (Wildman–Crippen LogP) is 3.35. The van der Waals surface area contributed by atoms with Crippen LogP contribution in [0.1, 0.15) is 71.1 Å². The zero-order valence-electron chi connectivity index (χ0n) is 22.3. The van der Waals surface area contributed by atoms with Gasteiger partial charge >= 0.3 is 0 Å². The fraction of sp³-hybridized carbons (Fsp3) is 0.433. The molecule has 5 rings (SSSR count). The average molecular weight is 526 g/mol. The monoisotopic (exact) mass is 525 g/mol. The number of nitrogens with zero attached hydrogens (tertiary/aromatic N) is 5. The van der Waals surface area contributed by atoms with Crippen molar-refractivity contribution in [3.05, 3.63) is 83.2 Å². The molecular formula is C30H35N7O2. The van der Waals surface area contributed by atoms with Crippen molar-refractivity contribution in [2.45, 2.75) is 63.1 Å². The molecule has 1 aliphatic carbocycles. The Bertz CT molecular complexity index is 1290. The van der Waals surface area contributed by atoms with Crippen molar-refractivity contribution in [3.8, 4) is 6.07 Å². The molecule has 2 aliphatic rings. The van der Waals surface area contributed by atoms with Crippen LogP contribution in [0.4, 0.5) is 0 Å². The highest BCUT2D eigenvalue weighted by atomic mass is 16.2. The number of carbonyl (C=O) groups excluding carboxylic acids is 2. The Morgan fingerprint density at radius 1 is 1.10 bits per heavy atom. The third-order valence-electron chi connectivity index (χ3n) is 7.84. The van der Waals surface area contributed by atoms with Gasteiger partial charge in [0, 0.05) is 36.8 Å². The Hall–Kier alpha value is -4.03. The maximum absolute atomic E-state index is 13.6. The molecule has 0 bridgehead atoms. The van der Waals surface area contributed by atoms with Crippen LogP contribution in [-0.4, -0.2) is 63.4 Å². The number of hydrogen-bond acceptors (Lipinski definition) is 6. The van der Waals surface area contributed by atoms with E-state index in [4.69, 9.17) is 5.26 Å². The largest absolute Gasteiger partial charge is 0.341 e. The van der Waals surface area contributed by atoms with Gasteiger partial charge in [-0.3, -0.25) is 9.59 Å². The highest BCUT2D eigenvalue weighted by molar-refractivity contribution is 5.97. The van der Waals surface area contributed by atoms with Gasteiger partial charge in [0.1, 0.15) is 6.04 Å². The number of hydrogen-bond donors (Lipinski definition) is 2. The molecule has 2 amide bonds. The van der Waals surface area contributed by atoms with Gasteiger partial charge < -0.3 is 15.5 Å². The number of likely N-dealkylation sites (tertiary alicyclic amines) is 1. The van der Waals surface area contributed by atoms with Crippen molar-refractivity contribution in [2.24, 2.45) is 0 Å². The Morgan fingerprint density at radius 3 is 2.51 bits per heavy atom. The first-order valence-corrected chi connectivity index (χ1v) is 13.8. The van der Waals surface area contributed by atoms with Crippen molar-refractivity contribution in [1.82, 2.24) is 30.5 Å². The number of benzene rings is 2. The fourth-order valence-corrected chi connectivity index (χ4v) is 5.37. The molecule has 2 fully saturated rings. The molecule has 39 heavy (non-hydrogen) atoms. The molecular weight excluding hydrogens is 490 g/mol. The summed E-state index contributed by atoms with van der Waals surface area (Å²) in [5.74, 6) is 0.202. The number of aromatic nitrogens is 3. The first kappa shape index (κ1) is 26.6. The molecule has 202 valence electrons. The third kappa shape index (κ3) is 6.70. The van der Waals surface area contributed by atoms with E-state index < -0.39 is 6.04 Å². The summed E-state index contributed by atoms with van der Waals surface area (Å²) in [5, 5.41) is 23.7. The van der Waals surface area contributed by atoms with Crippen LogP contribution >= 0.6 is 0 Å². The number of nitrogens with one attached hydrogen (secondary N) is 2. The zero-order valence-corrected chi connectivity index (χ0v) is 22.3. The Balaban J connectivity index is 1.16. The minimum absolute atomic E-state index is 0.0435. The van der Waals surface area contributed by atoms with E-state index in [9.17, 15) is 9.59 Å². The normalized spacial score (nSPS) is 19.7. The van der Waals surface area contributed by atoms with Crippen molar-refractivity contribution in [1.29, 1.82) is 5.26 Å². The van der Waals surface area contributed by atoms with Gasteiger partial charge in [-0.15, -0.1) is 5.10 Å². The van der Waals surface area contributed by atoms with Gasteiger partial charge in [-0.1, -0.05) is 35.0 Å². The van der Waals surface area contributed by atoms with Crippen molar-refractivity contribution < 1.29 is 9.59 Å². The summed E-state index contributed by atoms with van der Waals surface area (Å²) in [6.07, 6.45) is 7.59. The van der Waals surface area contributed by atoms with Gasteiger partial charge in [-0.05, 0) is 75.4 Å². The molecule has 0 unspecified atom stereocenters. The van der Waals surface area contributed by atoms with E-state index in [1.807, 2.05) is 15.8 Å². The summed E-state index contributed by atoms with van der Waals surface area (Å²) in [6, 6.07) is 17.4. The molecule has 1 saturated heterocycles. The molecule has 0 spiro atoms.